The third-order valence-corrected chi connectivity index (χ3v) is 4.13. The molecule has 0 aromatic heterocycles. The van der Waals surface area contributed by atoms with Crippen LogP contribution in [0, 0.1) is 0 Å². The van der Waals surface area contributed by atoms with E-state index in [4.69, 9.17) is 0 Å². The van der Waals surface area contributed by atoms with Crippen molar-refractivity contribution in [3.05, 3.63) is 34.3 Å². The summed E-state index contributed by atoms with van der Waals surface area (Å²) >= 11 is 3.43. The molecule has 0 heterocycles. The molecule has 1 N–H and O–H groups in total. The number of benzene rings is 1. The van der Waals surface area contributed by atoms with Gasteiger partial charge in [-0.2, -0.15) is 0 Å². The molecular weight excluding hydrogens is 328 g/mol. The third kappa shape index (κ3) is 3.50. The summed E-state index contributed by atoms with van der Waals surface area (Å²) in [5, 5.41) is 3.07. The van der Waals surface area contributed by atoms with Gasteiger partial charge >= 0.3 is 0 Å². The van der Waals surface area contributed by atoms with Crippen LogP contribution in [0.25, 0.3) is 0 Å². The second-order valence-corrected chi connectivity index (χ2v) is 5.83. The minimum absolute atomic E-state index is 0. The molecule has 0 spiro atoms. The van der Waals surface area contributed by atoms with E-state index in [0.717, 1.165) is 36.0 Å². The molecule has 1 aromatic rings. The second kappa shape index (κ2) is 6.73. The van der Waals surface area contributed by atoms with E-state index < -0.39 is 0 Å². The van der Waals surface area contributed by atoms with Crippen LogP contribution in [0.3, 0.4) is 0 Å². The number of likely N-dealkylation sites (N-methyl/N-ethyl adjacent to an activating group) is 2. The van der Waals surface area contributed by atoms with Crippen LogP contribution in [0.15, 0.2) is 28.7 Å². The maximum absolute atomic E-state index is 12.5. The van der Waals surface area contributed by atoms with E-state index in [1.807, 2.05) is 31.1 Å². The molecule has 0 bridgehead atoms. The Morgan fingerprint density at radius 3 is 2.42 bits per heavy atom. The fourth-order valence-electron chi connectivity index (χ4n) is 2.27. The summed E-state index contributed by atoms with van der Waals surface area (Å²) in [7, 11) is 3.79. The first-order chi connectivity index (χ1) is 8.60. The Bertz CT molecular complexity index is 432. The fraction of sp³-hybridized carbons (Fsp3) is 0.500. The zero-order valence-electron chi connectivity index (χ0n) is 11.3. The summed E-state index contributed by atoms with van der Waals surface area (Å²) in [6.45, 7) is 1.59. The third-order valence-electron chi connectivity index (χ3n) is 3.60. The lowest BCUT2D eigenvalue weighted by molar-refractivity contribution is -0.132. The maximum Gasteiger partial charge on any atom is 0.233 e. The van der Waals surface area contributed by atoms with Gasteiger partial charge in [0.2, 0.25) is 5.91 Å². The Morgan fingerprint density at radius 2 is 1.95 bits per heavy atom. The average molecular weight is 348 g/mol. The van der Waals surface area contributed by atoms with Gasteiger partial charge in [0.1, 0.15) is 0 Å². The highest BCUT2D eigenvalue weighted by Crippen LogP contribution is 2.49. The predicted molar refractivity (Wildman–Crippen MR) is 83.9 cm³/mol. The highest BCUT2D eigenvalue weighted by Gasteiger charge is 2.52. The van der Waals surface area contributed by atoms with Crippen LogP contribution >= 0.6 is 28.3 Å². The molecule has 3 nitrogen and oxygen atoms in total. The summed E-state index contributed by atoms with van der Waals surface area (Å²) in [6, 6.07) is 8.13. The molecule has 0 radical (unpaired) electrons. The molecule has 0 saturated heterocycles. The summed E-state index contributed by atoms with van der Waals surface area (Å²) in [4.78, 5) is 14.3. The molecule has 19 heavy (non-hydrogen) atoms. The molecule has 0 aliphatic heterocycles. The number of nitrogens with zero attached hydrogens (tertiary/aromatic N) is 1. The van der Waals surface area contributed by atoms with Crippen LogP contribution < -0.4 is 5.32 Å². The Kier molecular flexibility index (Phi) is 5.83. The van der Waals surface area contributed by atoms with Crippen molar-refractivity contribution in [1.82, 2.24) is 10.2 Å². The summed E-state index contributed by atoms with van der Waals surface area (Å²) in [6.07, 6.45) is 1.94. The molecule has 2 rings (SSSR count). The van der Waals surface area contributed by atoms with Crippen LogP contribution in [0.5, 0.6) is 0 Å². The van der Waals surface area contributed by atoms with Crippen LogP contribution in [0.2, 0.25) is 0 Å². The first kappa shape index (κ1) is 16.5. The van der Waals surface area contributed by atoms with Crippen molar-refractivity contribution in [2.75, 3.05) is 27.2 Å². The van der Waals surface area contributed by atoms with Gasteiger partial charge < -0.3 is 10.2 Å². The predicted octanol–water partition coefficient (Wildman–Crippen LogP) is 2.58. The topological polar surface area (TPSA) is 32.3 Å². The summed E-state index contributed by atoms with van der Waals surface area (Å²) in [5.74, 6) is 0.250. The molecule has 1 fully saturated rings. The number of carbonyl (C=O) groups excluding carboxylic acids is 1. The van der Waals surface area contributed by atoms with Gasteiger partial charge in [-0.3, -0.25) is 4.79 Å². The van der Waals surface area contributed by atoms with E-state index in [1.54, 1.807) is 0 Å². The molecule has 5 heteroatoms. The Balaban J connectivity index is 0.00000180. The number of amides is 1. The Hall–Kier alpha value is -0.580. The van der Waals surface area contributed by atoms with E-state index in [-0.39, 0.29) is 23.7 Å². The lowest BCUT2D eigenvalue weighted by Gasteiger charge is -2.23. The van der Waals surface area contributed by atoms with Crippen LogP contribution in [0.1, 0.15) is 18.4 Å². The van der Waals surface area contributed by atoms with E-state index in [9.17, 15) is 4.79 Å². The first-order valence-electron chi connectivity index (χ1n) is 6.26. The van der Waals surface area contributed by atoms with Crippen molar-refractivity contribution in [2.45, 2.75) is 18.3 Å². The molecule has 1 saturated carbocycles. The molecular formula is C14H20BrClN2O. The smallest absolute Gasteiger partial charge is 0.233 e. The van der Waals surface area contributed by atoms with Gasteiger partial charge in [-0.25, -0.2) is 0 Å². The molecule has 1 aromatic carbocycles. The summed E-state index contributed by atoms with van der Waals surface area (Å²) < 4.78 is 1.05. The number of halogens is 2. The molecule has 1 aliphatic carbocycles. The van der Waals surface area contributed by atoms with E-state index >= 15 is 0 Å². The number of hydrogen-bond acceptors (Lipinski definition) is 2. The molecule has 1 aliphatic rings. The first-order valence-corrected chi connectivity index (χ1v) is 7.06. The van der Waals surface area contributed by atoms with Crippen molar-refractivity contribution < 1.29 is 4.79 Å². The van der Waals surface area contributed by atoms with Crippen LogP contribution in [0.4, 0.5) is 0 Å². The zero-order chi connectivity index (χ0) is 13.2. The van der Waals surface area contributed by atoms with Gasteiger partial charge in [-0.1, -0.05) is 28.1 Å². The van der Waals surface area contributed by atoms with E-state index in [1.165, 1.54) is 0 Å². The van der Waals surface area contributed by atoms with Gasteiger partial charge in [-0.05, 0) is 37.6 Å². The van der Waals surface area contributed by atoms with Gasteiger partial charge in [0.25, 0.3) is 0 Å². The van der Waals surface area contributed by atoms with Crippen LogP contribution in [-0.4, -0.2) is 38.0 Å². The van der Waals surface area contributed by atoms with Gasteiger partial charge in [0, 0.05) is 24.6 Å². The minimum Gasteiger partial charge on any atom is -0.344 e. The highest BCUT2D eigenvalue weighted by atomic mass is 79.9. The molecule has 106 valence electrons. The number of carbonyl (C=O) groups is 1. The lowest BCUT2D eigenvalue weighted by atomic mass is 9.94. The van der Waals surface area contributed by atoms with Gasteiger partial charge in [-0.15, -0.1) is 12.4 Å². The van der Waals surface area contributed by atoms with Crippen molar-refractivity contribution in [3.8, 4) is 0 Å². The molecule has 0 atom stereocenters. The van der Waals surface area contributed by atoms with E-state index in [2.05, 4.69) is 33.4 Å². The fourth-order valence-corrected chi connectivity index (χ4v) is 2.53. The van der Waals surface area contributed by atoms with Crippen molar-refractivity contribution in [3.63, 3.8) is 0 Å². The standard InChI is InChI=1S/C14H19BrN2O.ClH/c1-16-9-10-17(2)13(18)14(7-8-14)11-3-5-12(15)6-4-11;/h3-6,16H,7-10H2,1-2H3;1H. The number of nitrogens with one attached hydrogen (secondary N) is 1. The quantitative estimate of drug-likeness (QED) is 0.888. The van der Waals surface area contributed by atoms with Crippen molar-refractivity contribution >= 4 is 34.2 Å². The average Bonchev–Trinajstić information content (AvgIpc) is 3.17. The van der Waals surface area contributed by atoms with Crippen LogP contribution in [-0.2, 0) is 10.2 Å². The van der Waals surface area contributed by atoms with Gasteiger partial charge in [0.05, 0.1) is 5.41 Å². The minimum atomic E-state index is -0.247. The normalized spacial score (nSPS) is 15.5. The van der Waals surface area contributed by atoms with Crippen molar-refractivity contribution in [2.24, 2.45) is 0 Å². The zero-order valence-corrected chi connectivity index (χ0v) is 13.7. The maximum atomic E-state index is 12.5. The van der Waals surface area contributed by atoms with E-state index in [0.29, 0.717) is 0 Å². The number of hydrogen-bond donors (Lipinski definition) is 1. The largest absolute Gasteiger partial charge is 0.344 e. The second-order valence-electron chi connectivity index (χ2n) is 4.92. The van der Waals surface area contributed by atoms with Crippen molar-refractivity contribution in [1.29, 1.82) is 0 Å². The molecule has 1 amide bonds. The monoisotopic (exact) mass is 346 g/mol. The highest BCUT2D eigenvalue weighted by molar-refractivity contribution is 9.10. The Morgan fingerprint density at radius 1 is 1.37 bits per heavy atom. The summed E-state index contributed by atoms with van der Waals surface area (Å²) in [5.41, 5.74) is 0.899. The SMILES string of the molecule is CNCCN(C)C(=O)C1(c2ccc(Br)cc2)CC1.Cl. The van der Waals surface area contributed by atoms with Gasteiger partial charge in [0.15, 0.2) is 0 Å². The number of rotatable bonds is 5. The molecule has 0 unspecified atom stereocenters. The lowest BCUT2D eigenvalue weighted by Crippen LogP contribution is -2.39. The Labute approximate surface area is 129 Å².